The summed E-state index contributed by atoms with van der Waals surface area (Å²) in [5.41, 5.74) is 4.94. The summed E-state index contributed by atoms with van der Waals surface area (Å²) in [6.45, 7) is 0.133. The van der Waals surface area contributed by atoms with E-state index in [1.165, 1.54) is 0 Å². The van der Waals surface area contributed by atoms with Crippen molar-refractivity contribution in [3.63, 3.8) is 0 Å². The Morgan fingerprint density at radius 1 is 0.917 bits per heavy atom. The van der Waals surface area contributed by atoms with Crippen LogP contribution >= 0.6 is 0 Å². The molecule has 0 rings (SSSR count). The number of hydrogen-bond donors (Lipinski definition) is 1. The fourth-order valence-corrected chi connectivity index (χ4v) is 0.633. The zero-order chi connectivity index (χ0) is 9.83. The molecule has 0 atom stereocenters. The van der Waals surface area contributed by atoms with Crippen molar-refractivity contribution in [2.24, 2.45) is 5.73 Å². The molecule has 0 aliphatic rings. The van der Waals surface area contributed by atoms with Crippen molar-refractivity contribution in [3.05, 3.63) is 0 Å². The molecule has 0 spiro atoms. The predicted octanol–water partition coefficient (Wildman–Crippen LogP) is 2.31. The van der Waals surface area contributed by atoms with Gasteiger partial charge in [-0.25, -0.2) is 0 Å². The van der Waals surface area contributed by atoms with Crippen LogP contribution in [0.15, 0.2) is 0 Å². The lowest BCUT2D eigenvalue weighted by Crippen LogP contribution is -2.36. The lowest BCUT2D eigenvalue weighted by molar-refractivity contribution is -0.284. The van der Waals surface area contributed by atoms with Gasteiger partial charge in [-0.15, -0.1) is 0 Å². The number of hydrogen-bond acceptors (Lipinski definition) is 1. The molecule has 0 amide bonds. The highest BCUT2D eigenvalue weighted by atomic mass is 19.4. The molecule has 0 aliphatic carbocycles. The number of nitrogens with two attached hydrogens (primary N) is 1. The van der Waals surface area contributed by atoms with Crippen LogP contribution in [0.2, 0.25) is 0 Å². The molecule has 0 fully saturated rings. The monoisotopic (exact) mass is 191 g/mol. The summed E-state index contributed by atoms with van der Waals surface area (Å²) in [4.78, 5) is 0. The third-order valence-electron chi connectivity index (χ3n) is 1.36. The Hall–Kier alpha value is -0.390. The first kappa shape index (κ1) is 11.6. The maximum Gasteiger partial charge on any atom is 0.453 e. The second kappa shape index (κ2) is 4.02. The highest BCUT2D eigenvalue weighted by Crippen LogP contribution is 2.38. The number of unbranched alkanes of at least 4 members (excludes halogenated alkanes) is 1. The maximum atomic E-state index is 12.1. The van der Waals surface area contributed by atoms with Gasteiger partial charge in [-0.05, 0) is 19.4 Å². The standard InChI is InChI=1S/C6H10F5N/c7-5(8,6(9,10)11)3-1-2-4-12/h1-4,12H2. The molecule has 0 aromatic heterocycles. The van der Waals surface area contributed by atoms with E-state index < -0.39 is 18.5 Å². The van der Waals surface area contributed by atoms with E-state index in [0.717, 1.165) is 0 Å². The van der Waals surface area contributed by atoms with Crippen LogP contribution in [0.1, 0.15) is 19.3 Å². The normalized spacial score (nSPS) is 13.5. The molecule has 0 radical (unpaired) electrons. The summed E-state index contributed by atoms with van der Waals surface area (Å²) >= 11 is 0. The first-order chi connectivity index (χ1) is 5.31. The smallest absolute Gasteiger partial charge is 0.330 e. The minimum Gasteiger partial charge on any atom is -0.330 e. The van der Waals surface area contributed by atoms with Crippen molar-refractivity contribution in [1.82, 2.24) is 0 Å². The SMILES string of the molecule is NCCCCC(F)(F)C(F)(F)F. The molecule has 0 unspecified atom stereocenters. The molecule has 2 N–H and O–H groups in total. The Morgan fingerprint density at radius 3 is 1.75 bits per heavy atom. The van der Waals surface area contributed by atoms with Gasteiger partial charge in [0.05, 0.1) is 0 Å². The van der Waals surface area contributed by atoms with Crippen molar-refractivity contribution < 1.29 is 22.0 Å². The van der Waals surface area contributed by atoms with Crippen molar-refractivity contribution in [2.45, 2.75) is 31.4 Å². The van der Waals surface area contributed by atoms with E-state index in [-0.39, 0.29) is 19.4 Å². The van der Waals surface area contributed by atoms with Gasteiger partial charge in [0.2, 0.25) is 0 Å². The molecule has 6 heteroatoms. The van der Waals surface area contributed by atoms with Gasteiger partial charge in [0.15, 0.2) is 0 Å². The molecule has 0 aromatic carbocycles. The molecule has 0 saturated carbocycles. The van der Waals surface area contributed by atoms with Gasteiger partial charge in [0.1, 0.15) is 0 Å². The lowest BCUT2D eigenvalue weighted by atomic mass is 10.1. The van der Waals surface area contributed by atoms with Crippen LogP contribution in [-0.4, -0.2) is 18.6 Å². The number of rotatable bonds is 4. The van der Waals surface area contributed by atoms with Crippen LogP contribution in [-0.2, 0) is 0 Å². The molecular weight excluding hydrogens is 181 g/mol. The van der Waals surface area contributed by atoms with Crippen molar-refractivity contribution in [3.8, 4) is 0 Å². The van der Waals surface area contributed by atoms with E-state index >= 15 is 0 Å². The van der Waals surface area contributed by atoms with Crippen LogP contribution in [0.4, 0.5) is 22.0 Å². The molecular formula is C6H10F5N. The minimum atomic E-state index is -5.43. The summed E-state index contributed by atoms with van der Waals surface area (Å²) in [5, 5.41) is 0. The van der Waals surface area contributed by atoms with E-state index in [0.29, 0.717) is 0 Å². The summed E-state index contributed by atoms with van der Waals surface area (Å²) < 4.78 is 58.6. The quantitative estimate of drug-likeness (QED) is 0.535. The zero-order valence-electron chi connectivity index (χ0n) is 6.30. The summed E-state index contributed by atoms with van der Waals surface area (Å²) in [6.07, 6.45) is -6.62. The highest BCUT2D eigenvalue weighted by molar-refractivity contribution is 4.75. The molecule has 0 saturated heterocycles. The maximum absolute atomic E-state index is 12.1. The fourth-order valence-electron chi connectivity index (χ4n) is 0.633. The van der Waals surface area contributed by atoms with Gasteiger partial charge < -0.3 is 5.73 Å². The first-order valence-corrected chi connectivity index (χ1v) is 3.46. The average Bonchev–Trinajstić information content (AvgIpc) is 1.85. The van der Waals surface area contributed by atoms with E-state index in [1.54, 1.807) is 0 Å². The van der Waals surface area contributed by atoms with Gasteiger partial charge in [-0.2, -0.15) is 22.0 Å². The number of alkyl halides is 5. The van der Waals surface area contributed by atoms with Gasteiger partial charge in [-0.1, -0.05) is 0 Å². The molecule has 0 aromatic rings. The molecule has 0 heterocycles. The van der Waals surface area contributed by atoms with Gasteiger partial charge in [0.25, 0.3) is 0 Å². The Bertz CT molecular complexity index is 130. The van der Waals surface area contributed by atoms with E-state index in [9.17, 15) is 22.0 Å². The van der Waals surface area contributed by atoms with Crippen molar-refractivity contribution in [2.75, 3.05) is 6.54 Å². The topological polar surface area (TPSA) is 26.0 Å². The second-order valence-corrected chi connectivity index (χ2v) is 2.45. The average molecular weight is 191 g/mol. The summed E-state index contributed by atoms with van der Waals surface area (Å²) in [6, 6.07) is 0. The van der Waals surface area contributed by atoms with Gasteiger partial charge in [-0.3, -0.25) is 0 Å². The van der Waals surface area contributed by atoms with E-state index in [4.69, 9.17) is 5.73 Å². The second-order valence-electron chi connectivity index (χ2n) is 2.45. The van der Waals surface area contributed by atoms with Crippen molar-refractivity contribution >= 4 is 0 Å². The number of halogens is 5. The molecule has 0 aliphatic heterocycles. The zero-order valence-corrected chi connectivity index (χ0v) is 6.30. The van der Waals surface area contributed by atoms with Gasteiger partial charge >= 0.3 is 12.1 Å². The molecule has 74 valence electrons. The van der Waals surface area contributed by atoms with Crippen LogP contribution in [0, 0.1) is 0 Å². The third kappa shape index (κ3) is 3.34. The van der Waals surface area contributed by atoms with Crippen LogP contribution in [0.3, 0.4) is 0 Å². The summed E-state index contributed by atoms with van der Waals surface area (Å²) in [7, 11) is 0. The Kier molecular flexibility index (Phi) is 3.89. The Labute approximate surface area is 66.7 Å². The fraction of sp³-hybridized carbons (Fsp3) is 1.00. The largest absolute Gasteiger partial charge is 0.453 e. The Morgan fingerprint density at radius 2 is 1.42 bits per heavy atom. The van der Waals surface area contributed by atoms with Crippen LogP contribution in [0.5, 0.6) is 0 Å². The van der Waals surface area contributed by atoms with Crippen molar-refractivity contribution in [1.29, 1.82) is 0 Å². The van der Waals surface area contributed by atoms with E-state index in [1.807, 2.05) is 0 Å². The Balaban J connectivity index is 3.88. The molecule has 1 nitrogen and oxygen atoms in total. The summed E-state index contributed by atoms with van der Waals surface area (Å²) in [5.74, 6) is -4.57. The highest BCUT2D eigenvalue weighted by Gasteiger charge is 2.56. The van der Waals surface area contributed by atoms with E-state index in [2.05, 4.69) is 0 Å². The first-order valence-electron chi connectivity index (χ1n) is 3.46. The van der Waals surface area contributed by atoms with Gasteiger partial charge in [0, 0.05) is 6.42 Å². The van der Waals surface area contributed by atoms with Crippen LogP contribution < -0.4 is 5.73 Å². The van der Waals surface area contributed by atoms with Crippen LogP contribution in [0.25, 0.3) is 0 Å². The lowest BCUT2D eigenvalue weighted by Gasteiger charge is -2.18. The minimum absolute atomic E-state index is 0.133. The third-order valence-corrected chi connectivity index (χ3v) is 1.36. The predicted molar refractivity (Wildman–Crippen MR) is 33.9 cm³/mol. The molecule has 12 heavy (non-hydrogen) atoms. The molecule has 0 bridgehead atoms.